The van der Waals surface area contributed by atoms with Gasteiger partial charge < -0.3 is 10.1 Å². The number of amides is 1. The van der Waals surface area contributed by atoms with Crippen LogP contribution in [0.3, 0.4) is 0 Å². The van der Waals surface area contributed by atoms with Crippen LogP contribution in [0.1, 0.15) is 65.7 Å². The second kappa shape index (κ2) is 5.85. The highest BCUT2D eigenvalue weighted by molar-refractivity contribution is 5.82. The lowest BCUT2D eigenvalue weighted by Crippen LogP contribution is -2.41. The molecule has 18 heavy (non-hydrogen) atoms. The van der Waals surface area contributed by atoms with E-state index in [2.05, 4.69) is 19.2 Å². The van der Waals surface area contributed by atoms with Crippen molar-refractivity contribution >= 4 is 11.7 Å². The zero-order valence-corrected chi connectivity index (χ0v) is 12.3. The van der Waals surface area contributed by atoms with Crippen molar-refractivity contribution in [2.24, 2.45) is 10.8 Å². The van der Waals surface area contributed by atoms with E-state index >= 15 is 0 Å². The molecule has 1 aliphatic rings. The average Bonchev–Trinajstić information content (AvgIpc) is 2.32. The van der Waals surface area contributed by atoms with E-state index in [-0.39, 0.29) is 17.1 Å². The Morgan fingerprint density at radius 1 is 1.11 bits per heavy atom. The smallest absolute Gasteiger partial charge is 0.225 e. The fourth-order valence-corrected chi connectivity index (χ4v) is 2.95. The van der Waals surface area contributed by atoms with Crippen molar-refractivity contribution in [3.63, 3.8) is 0 Å². The molecule has 0 saturated heterocycles. The van der Waals surface area contributed by atoms with Gasteiger partial charge in [-0.05, 0) is 50.9 Å². The van der Waals surface area contributed by atoms with Crippen LogP contribution in [0.4, 0.5) is 0 Å². The van der Waals surface area contributed by atoms with Gasteiger partial charge in [-0.15, -0.1) is 0 Å². The minimum absolute atomic E-state index is 0.174. The molecular formula is C15H27NO2. The first kappa shape index (κ1) is 15.2. The van der Waals surface area contributed by atoms with Crippen LogP contribution in [-0.4, -0.2) is 18.7 Å². The lowest BCUT2D eigenvalue weighted by molar-refractivity contribution is -0.132. The molecule has 0 heterocycles. The Kier molecular flexibility index (Phi) is 4.94. The summed E-state index contributed by atoms with van der Waals surface area (Å²) in [5.41, 5.74) is 0.137. The number of carbonyl (C=O) groups excluding carboxylic acids is 2. The van der Waals surface area contributed by atoms with E-state index in [4.69, 9.17) is 0 Å². The number of ketones is 1. The first-order valence-electron chi connectivity index (χ1n) is 7.03. The summed E-state index contributed by atoms with van der Waals surface area (Å²) in [6, 6.07) is 0. The second-order valence-electron chi connectivity index (χ2n) is 6.51. The molecule has 0 bridgehead atoms. The number of hydrogen-bond acceptors (Lipinski definition) is 2. The number of nitrogens with one attached hydrogen (secondary N) is 1. The zero-order valence-electron chi connectivity index (χ0n) is 12.3. The normalized spacial score (nSPS) is 32.0. The first-order chi connectivity index (χ1) is 8.31. The summed E-state index contributed by atoms with van der Waals surface area (Å²) in [5, 5.41) is 2.78. The largest absolute Gasteiger partial charge is 0.359 e. The number of rotatable bonds is 5. The van der Waals surface area contributed by atoms with E-state index in [9.17, 15) is 9.59 Å². The molecule has 0 aliphatic heterocycles. The van der Waals surface area contributed by atoms with Crippen LogP contribution in [0.2, 0.25) is 0 Å². The molecule has 104 valence electrons. The van der Waals surface area contributed by atoms with Crippen molar-refractivity contribution in [1.29, 1.82) is 0 Å². The molecular weight excluding hydrogens is 226 g/mol. The van der Waals surface area contributed by atoms with Crippen molar-refractivity contribution in [2.75, 3.05) is 7.05 Å². The third kappa shape index (κ3) is 3.82. The van der Waals surface area contributed by atoms with Crippen molar-refractivity contribution in [3.8, 4) is 0 Å². The third-order valence-electron chi connectivity index (χ3n) is 4.65. The van der Waals surface area contributed by atoms with E-state index in [1.54, 1.807) is 14.0 Å². The van der Waals surface area contributed by atoms with Gasteiger partial charge in [0.15, 0.2) is 0 Å². The van der Waals surface area contributed by atoms with Gasteiger partial charge >= 0.3 is 0 Å². The van der Waals surface area contributed by atoms with Crippen LogP contribution in [-0.2, 0) is 9.59 Å². The van der Waals surface area contributed by atoms with Crippen LogP contribution in [0.5, 0.6) is 0 Å². The molecule has 0 atom stereocenters. The first-order valence-corrected chi connectivity index (χ1v) is 7.03. The summed E-state index contributed by atoms with van der Waals surface area (Å²) >= 11 is 0. The number of carbonyl (C=O) groups is 2. The molecule has 0 aromatic heterocycles. The molecule has 3 nitrogen and oxygen atoms in total. The summed E-state index contributed by atoms with van der Waals surface area (Å²) < 4.78 is 0. The van der Waals surface area contributed by atoms with E-state index < -0.39 is 0 Å². The van der Waals surface area contributed by atoms with Crippen molar-refractivity contribution in [3.05, 3.63) is 0 Å². The highest BCUT2D eigenvalue weighted by Crippen LogP contribution is 2.47. The van der Waals surface area contributed by atoms with Crippen LogP contribution in [0, 0.1) is 10.8 Å². The van der Waals surface area contributed by atoms with Crippen molar-refractivity contribution < 1.29 is 9.59 Å². The fourth-order valence-electron chi connectivity index (χ4n) is 2.95. The van der Waals surface area contributed by atoms with Gasteiger partial charge in [-0.1, -0.05) is 13.8 Å². The molecule has 1 rings (SSSR count). The predicted molar refractivity (Wildman–Crippen MR) is 73.3 cm³/mol. The van der Waals surface area contributed by atoms with Gasteiger partial charge in [-0.2, -0.15) is 0 Å². The van der Waals surface area contributed by atoms with Gasteiger partial charge in [0.05, 0.1) is 0 Å². The number of hydrogen-bond donors (Lipinski definition) is 1. The maximum atomic E-state index is 11.8. The van der Waals surface area contributed by atoms with E-state index in [1.807, 2.05) is 0 Å². The van der Waals surface area contributed by atoms with E-state index in [0.717, 1.165) is 38.5 Å². The van der Waals surface area contributed by atoms with Gasteiger partial charge in [0.2, 0.25) is 5.91 Å². The quantitative estimate of drug-likeness (QED) is 0.818. The Morgan fingerprint density at radius 2 is 1.67 bits per heavy atom. The molecule has 0 aromatic rings. The SMILES string of the molecule is CNC(=O)C1(C)CCC(C)(CCCC(C)=O)CC1. The molecule has 0 spiro atoms. The summed E-state index contributed by atoms with van der Waals surface area (Å²) in [6.07, 6.45) is 6.90. The van der Waals surface area contributed by atoms with Crippen LogP contribution in [0.25, 0.3) is 0 Å². The highest BCUT2D eigenvalue weighted by atomic mass is 16.2. The van der Waals surface area contributed by atoms with Gasteiger partial charge in [-0.25, -0.2) is 0 Å². The summed E-state index contributed by atoms with van der Waals surface area (Å²) in [7, 11) is 1.72. The highest BCUT2D eigenvalue weighted by Gasteiger charge is 2.41. The molecule has 1 saturated carbocycles. The van der Waals surface area contributed by atoms with E-state index in [1.165, 1.54) is 0 Å². The molecule has 3 heteroatoms. The maximum absolute atomic E-state index is 11.8. The average molecular weight is 253 g/mol. The lowest BCUT2D eigenvalue weighted by Gasteiger charge is -2.42. The number of Topliss-reactive ketones (excluding diaryl/α,β-unsaturated/α-hetero) is 1. The molecule has 0 radical (unpaired) electrons. The second-order valence-corrected chi connectivity index (χ2v) is 6.51. The monoisotopic (exact) mass is 253 g/mol. The van der Waals surface area contributed by atoms with Gasteiger partial charge in [0.1, 0.15) is 5.78 Å². The van der Waals surface area contributed by atoms with Crippen LogP contribution in [0.15, 0.2) is 0 Å². The van der Waals surface area contributed by atoms with Crippen molar-refractivity contribution in [2.45, 2.75) is 65.7 Å². The summed E-state index contributed by atoms with van der Waals surface area (Å²) in [4.78, 5) is 22.8. The molecule has 0 unspecified atom stereocenters. The van der Waals surface area contributed by atoms with Gasteiger partial charge in [0, 0.05) is 18.9 Å². The minimum atomic E-state index is -0.186. The Balaban J connectivity index is 2.46. The molecule has 1 amide bonds. The van der Waals surface area contributed by atoms with Gasteiger partial charge in [0.25, 0.3) is 0 Å². The zero-order chi connectivity index (χ0) is 13.8. The molecule has 1 aliphatic carbocycles. The molecule has 1 N–H and O–H groups in total. The lowest BCUT2D eigenvalue weighted by atomic mass is 9.63. The fraction of sp³-hybridized carbons (Fsp3) is 0.867. The topological polar surface area (TPSA) is 46.2 Å². The van der Waals surface area contributed by atoms with Crippen molar-refractivity contribution in [1.82, 2.24) is 5.32 Å². The van der Waals surface area contributed by atoms with E-state index in [0.29, 0.717) is 11.8 Å². The third-order valence-corrected chi connectivity index (χ3v) is 4.65. The Labute approximate surface area is 111 Å². The van der Waals surface area contributed by atoms with Gasteiger partial charge in [-0.3, -0.25) is 4.79 Å². The maximum Gasteiger partial charge on any atom is 0.225 e. The predicted octanol–water partition coefficient (Wildman–Crippen LogP) is 3.08. The Hall–Kier alpha value is -0.860. The summed E-state index contributed by atoms with van der Waals surface area (Å²) in [5.74, 6) is 0.456. The molecule has 0 aromatic carbocycles. The minimum Gasteiger partial charge on any atom is -0.359 e. The van der Waals surface area contributed by atoms with Crippen LogP contribution < -0.4 is 5.32 Å². The summed E-state index contributed by atoms with van der Waals surface area (Å²) in [6.45, 7) is 6.03. The molecule has 1 fully saturated rings. The standard InChI is InChI=1S/C15H27NO2/c1-12(17)6-5-7-14(2)8-10-15(3,11-9-14)13(18)16-4/h5-11H2,1-4H3,(H,16,18). The Bertz CT molecular complexity index is 314. The van der Waals surface area contributed by atoms with Crippen LogP contribution >= 0.6 is 0 Å². The Morgan fingerprint density at radius 3 is 2.11 bits per heavy atom.